The lowest BCUT2D eigenvalue weighted by Crippen LogP contribution is -2.19. The van der Waals surface area contributed by atoms with Gasteiger partial charge in [0.15, 0.2) is 0 Å². The van der Waals surface area contributed by atoms with Gasteiger partial charge in [-0.1, -0.05) is 0 Å². The number of amides is 1. The van der Waals surface area contributed by atoms with Gasteiger partial charge in [0.2, 0.25) is 5.91 Å². The number of primary amides is 1. The lowest BCUT2D eigenvalue weighted by molar-refractivity contribution is -0.114. The second kappa shape index (κ2) is 2.35. The van der Waals surface area contributed by atoms with Gasteiger partial charge in [0.1, 0.15) is 0 Å². The fourth-order valence-electron chi connectivity index (χ4n) is 0.547. The van der Waals surface area contributed by atoms with Crippen LogP contribution < -0.4 is 11.1 Å². The number of dihydropyridines is 1. The van der Waals surface area contributed by atoms with E-state index in [1.54, 1.807) is 24.9 Å². The van der Waals surface area contributed by atoms with Crippen molar-refractivity contribution in [3.8, 4) is 0 Å². The fourth-order valence-corrected chi connectivity index (χ4v) is 0.547. The van der Waals surface area contributed by atoms with Crippen LogP contribution in [0, 0.1) is 6.54 Å². The van der Waals surface area contributed by atoms with Crippen LogP contribution in [0.25, 0.3) is 0 Å². The largest absolute Gasteiger partial charge is 0.381 e. The summed E-state index contributed by atoms with van der Waals surface area (Å²) in [5, 5.41) is 2.74. The SMILES string of the molecule is NC(=O)C1=CC=CN[CH]1. The maximum Gasteiger partial charge on any atom is 0.246 e. The predicted octanol–water partition coefficient (Wildman–Crippen LogP) is -0.323. The Morgan fingerprint density at radius 1 is 1.67 bits per heavy atom. The molecule has 0 aromatic rings. The number of carbonyl (C=O) groups excluding carboxylic acids is 1. The molecule has 1 aliphatic heterocycles. The van der Waals surface area contributed by atoms with Gasteiger partial charge >= 0.3 is 0 Å². The summed E-state index contributed by atoms with van der Waals surface area (Å²) in [6.45, 7) is 1.56. The van der Waals surface area contributed by atoms with Gasteiger partial charge in [0, 0.05) is 5.57 Å². The van der Waals surface area contributed by atoms with E-state index in [1.807, 2.05) is 0 Å². The first kappa shape index (κ1) is 5.88. The molecule has 0 atom stereocenters. The molecular weight excluding hydrogens is 116 g/mol. The molecule has 0 spiro atoms. The quantitative estimate of drug-likeness (QED) is 0.502. The normalized spacial score (nSPS) is 16.2. The molecular formula is C6H7N2O. The standard InChI is InChI=1S/C6H7N2O/c7-6(9)5-2-1-3-8-4-5/h1-4,8H,(H2,7,9). The van der Waals surface area contributed by atoms with Crippen molar-refractivity contribution in [1.82, 2.24) is 5.32 Å². The van der Waals surface area contributed by atoms with Crippen molar-refractivity contribution >= 4 is 5.91 Å². The van der Waals surface area contributed by atoms with Gasteiger partial charge in [-0.05, 0) is 18.4 Å². The number of nitrogens with two attached hydrogens (primary N) is 1. The molecule has 0 bridgehead atoms. The van der Waals surface area contributed by atoms with E-state index < -0.39 is 5.91 Å². The van der Waals surface area contributed by atoms with Crippen molar-refractivity contribution < 1.29 is 4.79 Å². The van der Waals surface area contributed by atoms with Crippen LogP contribution in [0.1, 0.15) is 0 Å². The number of hydrogen-bond acceptors (Lipinski definition) is 2. The summed E-state index contributed by atoms with van der Waals surface area (Å²) in [7, 11) is 0. The Morgan fingerprint density at radius 2 is 2.44 bits per heavy atom. The van der Waals surface area contributed by atoms with E-state index in [0.29, 0.717) is 5.57 Å². The third kappa shape index (κ3) is 1.32. The first-order valence-electron chi connectivity index (χ1n) is 2.56. The van der Waals surface area contributed by atoms with Crippen molar-refractivity contribution in [2.24, 2.45) is 5.73 Å². The second-order valence-corrected chi connectivity index (χ2v) is 1.66. The fraction of sp³-hybridized carbons (Fsp3) is 0. The van der Waals surface area contributed by atoms with E-state index >= 15 is 0 Å². The minimum Gasteiger partial charge on any atom is -0.381 e. The van der Waals surface area contributed by atoms with E-state index in [9.17, 15) is 4.79 Å². The molecule has 0 unspecified atom stereocenters. The average molecular weight is 123 g/mol. The maximum atomic E-state index is 10.4. The molecule has 47 valence electrons. The van der Waals surface area contributed by atoms with Gasteiger partial charge in [-0.2, -0.15) is 0 Å². The number of rotatable bonds is 1. The molecule has 1 heterocycles. The highest BCUT2D eigenvalue weighted by Gasteiger charge is 2.03. The Labute approximate surface area is 53.2 Å². The van der Waals surface area contributed by atoms with E-state index in [2.05, 4.69) is 5.32 Å². The predicted molar refractivity (Wildman–Crippen MR) is 33.9 cm³/mol. The van der Waals surface area contributed by atoms with E-state index in [-0.39, 0.29) is 0 Å². The highest BCUT2D eigenvalue weighted by atomic mass is 16.1. The topological polar surface area (TPSA) is 55.1 Å². The van der Waals surface area contributed by atoms with Crippen molar-refractivity contribution in [3.63, 3.8) is 0 Å². The van der Waals surface area contributed by atoms with Crippen LogP contribution in [0.5, 0.6) is 0 Å². The lowest BCUT2D eigenvalue weighted by Gasteiger charge is -2.04. The highest BCUT2D eigenvalue weighted by Crippen LogP contribution is 1.99. The minimum atomic E-state index is -0.410. The molecule has 3 heteroatoms. The third-order valence-corrected chi connectivity index (χ3v) is 0.992. The summed E-state index contributed by atoms with van der Waals surface area (Å²) >= 11 is 0. The molecule has 3 nitrogen and oxygen atoms in total. The molecule has 1 amide bonds. The van der Waals surface area contributed by atoms with Crippen LogP contribution in [0.2, 0.25) is 0 Å². The molecule has 0 saturated carbocycles. The van der Waals surface area contributed by atoms with Gasteiger partial charge in [-0.25, -0.2) is 0 Å². The summed E-state index contributed by atoms with van der Waals surface area (Å²) < 4.78 is 0. The third-order valence-electron chi connectivity index (χ3n) is 0.992. The smallest absolute Gasteiger partial charge is 0.246 e. The molecule has 0 aromatic heterocycles. The monoisotopic (exact) mass is 123 g/mol. The van der Waals surface area contributed by atoms with Crippen molar-refractivity contribution in [2.45, 2.75) is 0 Å². The van der Waals surface area contributed by atoms with Gasteiger partial charge in [0.25, 0.3) is 0 Å². The first-order valence-corrected chi connectivity index (χ1v) is 2.56. The molecule has 0 aliphatic carbocycles. The zero-order valence-electron chi connectivity index (χ0n) is 4.79. The molecule has 0 saturated heterocycles. The molecule has 9 heavy (non-hydrogen) atoms. The minimum absolute atomic E-state index is 0.410. The van der Waals surface area contributed by atoms with Crippen molar-refractivity contribution in [1.29, 1.82) is 0 Å². The van der Waals surface area contributed by atoms with E-state index in [4.69, 9.17) is 5.73 Å². The number of nitrogens with one attached hydrogen (secondary N) is 1. The first-order chi connectivity index (χ1) is 4.30. The zero-order valence-corrected chi connectivity index (χ0v) is 4.79. The van der Waals surface area contributed by atoms with Crippen LogP contribution in [0.4, 0.5) is 0 Å². The zero-order chi connectivity index (χ0) is 6.69. The van der Waals surface area contributed by atoms with Crippen LogP contribution in [-0.4, -0.2) is 5.91 Å². The summed E-state index contributed by atoms with van der Waals surface area (Å²) in [5.74, 6) is -0.410. The Hall–Kier alpha value is -1.25. The second-order valence-electron chi connectivity index (χ2n) is 1.66. The molecule has 1 aliphatic rings. The van der Waals surface area contributed by atoms with Crippen LogP contribution >= 0.6 is 0 Å². The average Bonchev–Trinajstić information content (AvgIpc) is 1.90. The summed E-state index contributed by atoms with van der Waals surface area (Å²) in [4.78, 5) is 10.4. The molecule has 1 rings (SSSR count). The Balaban J connectivity index is 2.68. The van der Waals surface area contributed by atoms with Crippen molar-refractivity contribution in [2.75, 3.05) is 0 Å². The Bertz CT molecular complexity index is 181. The highest BCUT2D eigenvalue weighted by molar-refractivity contribution is 5.94. The molecule has 3 N–H and O–H groups in total. The van der Waals surface area contributed by atoms with E-state index in [0.717, 1.165) is 0 Å². The summed E-state index contributed by atoms with van der Waals surface area (Å²) in [6.07, 6.45) is 5.09. The maximum absolute atomic E-state index is 10.4. The summed E-state index contributed by atoms with van der Waals surface area (Å²) in [5.41, 5.74) is 5.45. The van der Waals surface area contributed by atoms with Gasteiger partial charge in [-0.3, -0.25) is 4.79 Å². The van der Waals surface area contributed by atoms with Crippen LogP contribution in [0.3, 0.4) is 0 Å². The molecule has 0 fully saturated rings. The van der Waals surface area contributed by atoms with Crippen LogP contribution in [0.15, 0.2) is 23.9 Å². The van der Waals surface area contributed by atoms with E-state index in [1.165, 1.54) is 0 Å². The molecule has 0 aromatic carbocycles. The lowest BCUT2D eigenvalue weighted by atomic mass is 10.2. The van der Waals surface area contributed by atoms with Crippen molar-refractivity contribution in [3.05, 3.63) is 30.5 Å². The number of allylic oxidation sites excluding steroid dienone is 2. The summed E-state index contributed by atoms with van der Waals surface area (Å²) in [6, 6.07) is 0. The Kier molecular flexibility index (Phi) is 1.53. The number of carbonyl (C=O) groups is 1. The number of hydrogen-bond donors (Lipinski definition) is 2. The van der Waals surface area contributed by atoms with Gasteiger partial charge in [-0.15, -0.1) is 0 Å². The van der Waals surface area contributed by atoms with Crippen LogP contribution in [-0.2, 0) is 4.79 Å². The van der Waals surface area contributed by atoms with Gasteiger partial charge in [0.05, 0.1) is 6.54 Å². The molecule has 1 radical (unpaired) electrons. The Morgan fingerprint density at radius 3 is 2.78 bits per heavy atom. The van der Waals surface area contributed by atoms with Gasteiger partial charge < -0.3 is 11.1 Å².